The van der Waals surface area contributed by atoms with E-state index in [-0.39, 0.29) is 28.2 Å². The minimum Gasteiger partial charge on any atom is -0.377 e. The zero-order chi connectivity index (χ0) is 15.2. The van der Waals surface area contributed by atoms with Crippen LogP contribution in [0, 0.1) is 28.4 Å². The van der Waals surface area contributed by atoms with E-state index in [0.717, 1.165) is 25.0 Å². The van der Waals surface area contributed by atoms with Crippen molar-refractivity contribution >= 4 is 11.4 Å². The Hall–Kier alpha value is -1.62. The van der Waals surface area contributed by atoms with Gasteiger partial charge in [-0.1, -0.05) is 19.9 Å². The molecular formula is C16H22N2O3. The van der Waals surface area contributed by atoms with E-state index in [1.165, 1.54) is 0 Å². The second-order valence-corrected chi connectivity index (χ2v) is 6.82. The number of rotatable bonds is 3. The molecule has 2 aliphatic rings. The first-order chi connectivity index (χ1) is 9.91. The number of hydrogen-bond donors (Lipinski definition) is 1. The Morgan fingerprint density at radius 2 is 2.19 bits per heavy atom. The Labute approximate surface area is 124 Å². The van der Waals surface area contributed by atoms with Crippen molar-refractivity contribution in [3.8, 4) is 0 Å². The van der Waals surface area contributed by atoms with E-state index >= 15 is 0 Å². The van der Waals surface area contributed by atoms with Crippen LogP contribution >= 0.6 is 0 Å². The molecule has 1 N–H and O–H groups in total. The summed E-state index contributed by atoms with van der Waals surface area (Å²) >= 11 is 0. The minimum absolute atomic E-state index is 0.00268. The quantitative estimate of drug-likeness (QED) is 0.683. The Kier molecular flexibility index (Phi) is 3.40. The number of anilines is 1. The molecule has 21 heavy (non-hydrogen) atoms. The van der Waals surface area contributed by atoms with Gasteiger partial charge in [-0.2, -0.15) is 0 Å². The van der Waals surface area contributed by atoms with Crippen molar-refractivity contribution in [1.29, 1.82) is 0 Å². The average Bonchev–Trinajstić information content (AvgIpc) is 2.44. The highest BCUT2D eigenvalue weighted by atomic mass is 16.6. The number of hydrogen-bond acceptors (Lipinski definition) is 4. The van der Waals surface area contributed by atoms with E-state index in [1.54, 1.807) is 12.1 Å². The summed E-state index contributed by atoms with van der Waals surface area (Å²) in [6, 6.07) is 5.45. The van der Waals surface area contributed by atoms with E-state index in [1.807, 2.05) is 13.0 Å². The van der Waals surface area contributed by atoms with E-state index in [9.17, 15) is 10.1 Å². The van der Waals surface area contributed by atoms with Crippen LogP contribution in [0.3, 0.4) is 0 Å². The van der Waals surface area contributed by atoms with Gasteiger partial charge < -0.3 is 10.1 Å². The summed E-state index contributed by atoms with van der Waals surface area (Å²) in [7, 11) is 0. The summed E-state index contributed by atoms with van der Waals surface area (Å²) in [6.07, 6.45) is 2.48. The largest absolute Gasteiger partial charge is 0.377 e. The van der Waals surface area contributed by atoms with Crippen molar-refractivity contribution < 1.29 is 9.66 Å². The molecule has 1 saturated heterocycles. The number of ether oxygens (including phenoxy) is 1. The summed E-state index contributed by atoms with van der Waals surface area (Å²) in [5, 5.41) is 14.6. The van der Waals surface area contributed by atoms with Crippen LogP contribution in [0.25, 0.3) is 0 Å². The first-order valence-corrected chi connectivity index (χ1v) is 7.54. The third-order valence-corrected chi connectivity index (χ3v) is 4.99. The molecule has 0 amide bonds. The molecule has 0 radical (unpaired) electrons. The third-order valence-electron chi connectivity index (χ3n) is 4.99. The van der Waals surface area contributed by atoms with Crippen LogP contribution in [0.15, 0.2) is 18.2 Å². The van der Waals surface area contributed by atoms with Crippen molar-refractivity contribution in [1.82, 2.24) is 0 Å². The van der Waals surface area contributed by atoms with Gasteiger partial charge in [0, 0.05) is 30.0 Å². The topological polar surface area (TPSA) is 64.4 Å². The third kappa shape index (κ3) is 2.29. The van der Waals surface area contributed by atoms with E-state index in [0.29, 0.717) is 11.6 Å². The molecule has 1 heterocycles. The number of nitro benzene ring substituents is 1. The summed E-state index contributed by atoms with van der Waals surface area (Å²) < 4.78 is 5.89. The maximum absolute atomic E-state index is 11.2. The molecule has 5 heteroatoms. The van der Waals surface area contributed by atoms with Crippen LogP contribution in [-0.2, 0) is 4.74 Å². The molecule has 1 aliphatic carbocycles. The first kappa shape index (κ1) is 14.3. The number of fused-ring (bicyclic) bond motifs is 1. The Bertz CT molecular complexity index is 571. The second kappa shape index (κ2) is 4.98. The van der Waals surface area contributed by atoms with Gasteiger partial charge in [-0.25, -0.2) is 0 Å². The van der Waals surface area contributed by atoms with Gasteiger partial charge in [0.05, 0.1) is 11.0 Å². The van der Waals surface area contributed by atoms with Crippen molar-refractivity contribution in [2.45, 2.75) is 45.8 Å². The van der Waals surface area contributed by atoms with Crippen molar-refractivity contribution in [2.24, 2.45) is 11.3 Å². The first-order valence-electron chi connectivity index (χ1n) is 7.54. The lowest BCUT2D eigenvalue weighted by Gasteiger charge is -2.60. The summed E-state index contributed by atoms with van der Waals surface area (Å²) in [6.45, 7) is 7.15. The van der Waals surface area contributed by atoms with Crippen molar-refractivity contribution in [2.75, 3.05) is 11.9 Å². The van der Waals surface area contributed by atoms with Crippen LogP contribution in [0.5, 0.6) is 0 Å². The number of nitro groups is 1. The number of benzene rings is 1. The predicted molar refractivity (Wildman–Crippen MR) is 81.5 cm³/mol. The molecule has 0 spiro atoms. The molecule has 0 bridgehead atoms. The number of nitrogens with one attached hydrogen (secondary N) is 1. The molecule has 1 aliphatic heterocycles. The molecule has 114 valence electrons. The Morgan fingerprint density at radius 1 is 1.43 bits per heavy atom. The normalized spacial score (nSPS) is 30.1. The molecule has 2 fully saturated rings. The fourth-order valence-electron chi connectivity index (χ4n) is 3.91. The maximum Gasteiger partial charge on any atom is 0.292 e. The van der Waals surface area contributed by atoms with E-state index in [2.05, 4.69) is 19.2 Å². The monoisotopic (exact) mass is 290 g/mol. The van der Waals surface area contributed by atoms with Crippen LogP contribution in [0.2, 0.25) is 0 Å². The summed E-state index contributed by atoms with van der Waals surface area (Å²) in [5.74, 6) is 0.453. The highest BCUT2D eigenvalue weighted by molar-refractivity contribution is 5.63. The van der Waals surface area contributed by atoms with E-state index in [4.69, 9.17) is 4.74 Å². The van der Waals surface area contributed by atoms with Gasteiger partial charge in [-0.15, -0.1) is 0 Å². The maximum atomic E-state index is 11.2. The molecule has 1 aromatic carbocycles. The molecule has 5 nitrogen and oxygen atoms in total. The van der Waals surface area contributed by atoms with Crippen LogP contribution in [0.4, 0.5) is 11.4 Å². The van der Waals surface area contributed by atoms with Crippen molar-refractivity contribution in [3.05, 3.63) is 33.9 Å². The standard InChI is InChI=1S/C16H22N2O3/c1-10-6-7-13(18(19)20)12(9-10)17-14-11-5-4-8-21-15(11)16(14,2)3/h6-7,9,11,14-15,17H,4-5,8H2,1-3H3. The lowest BCUT2D eigenvalue weighted by Crippen LogP contribution is -2.67. The van der Waals surface area contributed by atoms with Crippen LogP contribution < -0.4 is 5.32 Å². The smallest absolute Gasteiger partial charge is 0.292 e. The Balaban J connectivity index is 1.86. The zero-order valence-electron chi connectivity index (χ0n) is 12.8. The highest BCUT2D eigenvalue weighted by Crippen LogP contribution is 2.52. The van der Waals surface area contributed by atoms with E-state index < -0.39 is 0 Å². The average molecular weight is 290 g/mol. The molecule has 3 rings (SSSR count). The summed E-state index contributed by atoms with van der Waals surface area (Å²) in [5.41, 5.74) is 1.80. The van der Waals surface area contributed by atoms with Gasteiger partial charge in [-0.3, -0.25) is 10.1 Å². The zero-order valence-corrected chi connectivity index (χ0v) is 12.8. The minimum atomic E-state index is -0.317. The molecular weight excluding hydrogens is 268 g/mol. The molecule has 3 atom stereocenters. The van der Waals surface area contributed by atoms with Crippen LogP contribution in [0.1, 0.15) is 32.3 Å². The SMILES string of the molecule is Cc1ccc([N+](=O)[O-])c(NC2C3CCCOC3C2(C)C)c1. The lowest BCUT2D eigenvalue weighted by molar-refractivity contribution is -0.384. The van der Waals surface area contributed by atoms with Gasteiger partial charge in [-0.05, 0) is 31.4 Å². The van der Waals surface area contributed by atoms with Gasteiger partial charge in [0.1, 0.15) is 5.69 Å². The van der Waals surface area contributed by atoms with Crippen molar-refractivity contribution in [3.63, 3.8) is 0 Å². The molecule has 0 aromatic heterocycles. The summed E-state index contributed by atoms with van der Waals surface area (Å²) in [4.78, 5) is 10.9. The highest BCUT2D eigenvalue weighted by Gasteiger charge is 2.58. The van der Waals surface area contributed by atoms with Gasteiger partial charge >= 0.3 is 0 Å². The van der Waals surface area contributed by atoms with Gasteiger partial charge in [0.2, 0.25) is 0 Å². The number of nitrogens with zero attached hydrogens (tertiary/aromatic N) is 1. The fourth-order valence-corrected chi connectivity index (χ4v) is 3.91. The van der Waals surface area contributed by atoms with Gasteiger partial charge in [0.15, 0.2) is 0 Å². The molecule has 1 saturated carbocycles. The predicted octanol–water partition coefficient (Wildman–Crippen LogP) is 3.52. The number of aryl methyl sites for hydroxylation is 1. The lowest BCUT2D eigenvalue weighted by atomic mass is 9.55. The van der Waals surface area contributed by atoms with Crippen LogP contribution in [-0.4, -0.2) is 23.7 Å². The van der Waals surface area contributed by atoms with Gasteiger partial charge in [0.25, 0.3) is 5.69 Å². The second-order valence-electron chi connectivity index (χ2n) is 6.82. The molecule has 1 aromatic rings. The molecule has 3 unspecified atom stereocenters. The fraction of sp³-hybridized carbons (Fsp3) is 0.625. The Morgan fingerprint density at radius 3 is 2.90 bits per heavy atom.